The Bertz CT molecular complexity index is 639. The average Bonchev–Trinajstić information content (AvgIpc) is 2.67. The van der Waals surface area contributed by atoms with Crippen LogP contribution in [0.25, 0.3) is 11.3 Å². The first-order valence-corrected chi connectivity index (χ1v) is 5.56. The number of carboxylic acids is 1. The normalized spacial score (nSPS) is 10.4. The number of aromatic nitrogens is 2. The highest BCUT2D eigenvalue weighted by Crippen LogP contribution is 2.35. The molecule has 0 fully saturated rings. The second-order valence-electron chi connectivity index (χ2n) is 3.66. The Labute approximate surface area is 112 Å². The Hall–Kier alpha value is -2.41. The van der Waals surface area contributed by atoms with E-state index in [9.17, 15) is 14.9 Å². The molecule has 0 atom stereocenters. The minimum absolute atomic E-state index is 0.0526. The summed E-state index contributed by atoms with van der Waals surface area (Å²) in [6.45, 7) is -0.535. The summed E-state index contributed by atoms with van der Waals surface area (Å²) in [6.07, 6.45) is 0. The highest BCUT2D eigenvalue weighted by Gasteiger charge is 2.28. The van der Waals surface area contributed by atoms with Crippen LogP contribution in [0.2, 0.25) is 5.15 Å². The number of carbonyl (C=O) groups is 1. The predicted molar refractivity (Wildman–Crippen MR) is 67.0 cm³/mol. The summed E-state index contributed by atoms with van der Waals surface area (Å²) in [5, 5.41) is 23.4. The molecule has 1 aromatic carbocycles. The summed E-state index contributed by atoms with van der Waals surface area (Å²) >= 11 is 5.81. The predicted octanol–water partition coefficient (Wildman–Crippen LogP) is 2.20. The molecule has 0 aliphatic heterocycles. The molecule has 8 heteroatoms. The van der Waals surface area contributed by atoms with Gasteiger partial charge in [0.2, 0.25) is 5.15 Å². The zero-order valence-corrected chi connectivity index (χ0v) is 10.2. The largest absolute Gasteiger partial charge is 0.480 e. The topological polar surface area (TPSA) is 98.3 Å². The van der Waals surface area contributed by atoms with Crippen LogP contribution in [0.1, 0.15) is 0 Å². The molecule has 0 bridgehead atoms. The molecule has 7 nitrogen and oxygen atoms in total. The molecule has 1 aromatic heterocycles. The van der Waals surface area contributed by atoms with Gasteiger partial charge in [-0.1, -0.05) is 41.9 Å². The van der Waals surface area contributed by atoms with Gasteiger partial charge >= 0.3 is 11.7 Å². The van der Waals surface area contributed by atoms with Crippen molar-refractivity contribution in [1.82, 2.24) is 9.78 Å². The van der Waals surface area contributed by atoms with Crippen LogP contribution >= 0.6 is 11.6 Å². The van der Waals surface area contributed by atoms with Crippen molar-refractivity contribution in [3.05, 3.63) is 45.6 Å². The Morgan fingerprint density at radius 1 is 1.42 bits per heavy atom. The summed E-state index contributed by atoms with van der Waals surface area (Å²) in [4.78, 5) is 21.0. The average molecular weight is 282 g/mol. The molecule has 2 rings (SSSR count). The van der Waals surface area contributed by atoms with Gasteiger partial charge in [0.25, 0.3) is 0 Å². The highest BCUT2D eigenvalue weighted by atomic mass is 35.5. The molecule has 1 N–H and O–H groups in total. The smallest absolute Gasteiger partial charge is 0.333 e. The van der Waals surface area contributed by atoms with Crippen LogP contribution in [0.15, 0.2) is 30.3 Å². The van der Waals surface area contributed by atoms with Crippen molar-refractivity contribution in [3.8, 4) is 11.3 Å². The molecule has 0 amide bonds. The van der Waals surface area contributed by atoms with E-state index >= 15 is 0 Å². The number of aliphatic carboxylic acids is 1. The Morgan fingerprint density at radius 3 is 2.58 bits per heavy atom. The molecule has 19 heavy (non-hydrogen) atoms. The van der Waals surface area contributed by atoms with Crippen LogP contribution < -0.4 is 0 Å². The monoisotopic (exact) mass is 281 g/mol. The van der Waals surface area contributed by atoms with Gasteiger partial charge in [-0.3, -0.25) is 14.9 Å². The van der Waals surface area contributed by atoms with Crippen LogP contribution in [-0.2, 0) is 11.3 Å². The molecular formula is C11H8ClN3O4. The number of benzene rings is 1. The fourth-order valence-corrected chi connectivity index (χ4v) is 1.87. The lowest BCUT2D eigenvalue weighted by atomic mass is 10.1. The maximum Gasteiger partial charge on any atom is 0.333 e. The summed E-state index contributed by atoms with van der Waals surface area (Å²) < 4.78 is 0.893. The number of carboxylic acid groups (broad SMARTS) is 1. The van der Waals surface area contributed by atoms with Gasteiger partial charge in [0.15, 0.2) is 5.69 Å². The fourth-order valence-electron chi connectivity index (χ4n) is 1.62. The number of hydrogen-bond acceptors (Lipinski definition) is 4. The quantitative estimate of drug-likeness (QED) is 0.684. The van der Waals surface area contributed by atoms with Crippen molar-refractivity contribution in [3.63, 3.8) is 0 Å². The van der Waals surface area contributed by atoms with E-state index in [1.807, 2.05) is 0 Å². The Kier molecular flexibility index (Phi) is 3.48. The van der Waals surface area contributed by atoms with Crippen LogP contribution in [0.5, 0.6) is 0 Å². The molecule has 98 valence electrons. The van der Waals surface area contributed by atoms with Crippen LogP contribution in [0, 0.1) is 10.1 Å². The molecule has 2 aromatic rings. The Morgan fingerprint density at radius 2 is 2.05 bits per heavy atom. The first-order valence-electron chi connectivity index (χ1n) is 5.18. The van der Waals surface area contributed by atoms with E-state index in [0.29, 0.717) is 5.56 Å². The molecule has 0 spiro atoms. The molecular weight excluding hydrogens is 274 g/mol. The Balaban J connectivity index is 2.60. The van der Waals surface area contributed by atoms with Crippen molar-refractivity contribution in [2.45, 2.75) is 6.54 Å². The lowest BCUT2D eigenvalue weighted by molar-refractivity contribution is -0.384. The number of rotatable bonds is 4. The lowest BCUT2D eigenvalue weighted by Crippen LogP contribution is -2.10. The molecule has 0 unspecified atom stereocenters. The second-order valence-corrected chi connectivity index (χ2v) is 4.02. The molecule has 0 aliphatic rings. The van der Waals surface area contributed by atoms with E-state index in [4.69, 9.17) is 16.7 Å². The zero-order chi connectivity index (χ0) is 14.0. The minimum Gasteiger partial charge on any atom is -0.480 e. The molecule has 0 aliphatic carbocycles. The second kappa shape index (κ2) is 5.07. The number of halogens is 1. The number of hydrogen-bond donors (Lipinski definition) is 1. The van der Waals surface area contributed by atoms with Gasteiger partial charge in [-0.15, -0.1) is 0 Å². The van der Waals surface area contributed by atoms with E-state index < -0.39 is 23.1 Å². The zero-order valence-electron chi connectivity index (χ0n) is 9.49. The number of nitro groups is 1. The molecule has 0 saturated heterocycles. The van der Waals surface area contributed by atoms with Crippen molar-refractivity contribution >= 4 is 23.3 Å². The van der Waals surface area contributed by atoms with Crippen LogP contribution in [0.4, 0.5) is 5.69 Å². The van der Waals surface area contributed by atoms with Gasteiger partial charge in [0, 0.05) is 5.56 Å². The van der Waals surface area contributed by atoms with Gasteiger partial charge in [0.1, 0.15) is 6.54 Å². The van der Waals surface area contributed by atoms with Crippen LogP contribution in [0.3, 0.4) is 0 Å². The lowest BCUT2D eigenvalue weighted by Gasteiger charge is -1.95. The minimum atomic E-state index is -1.18. The van der Waals surface area contributed by atoms with E-state index in [1.54, 1.807) is 30.3 Å². The van der Waals surface area contributed by atoms with Crippen molar-refractivity contribution in [2.75, 3.05) is 0 Å². The molecule has 1 heterocycles. The first-order chi connectivity index (χ1) is 9.00. The summed E-state index contributed by atoms with van der Waals surface area (Å²) in [6, 6.07) is 8.42. The fraction of sp³-hybridized carbons (Fsp3) is 0.0909. The van der Waals surface area contributed by atoms with E-state index in [-0.39, 0.29) is 10.8 Å². The molecule has 0 radical (unpaired) electrons. The highest BCUT2D eigenvalue weighted by molar-refractivity contribution is 6.32. The third-order valence-corrected chi connectivity index (χ3v) is 2.76. The SMILES string of the molecule is O=C(O)Cn1nc(-c2ccccc2)c([N+](=O)[O-])c1Cl. The van der Waals surface area contributed by atoms with Gasteiger partial charge in [-0.05, 0) is 0 Å². The third-order valence-electron chi connectivity index (χ3n) is 2.38. The maximum absolute atomic E-state index is 11.0. The van der Waals surface area contributed by atoms with E-state index in [0.717, 1.165) is 4.68 Å². The summed E-state index contributed by atoms with van der Waals surface area (Å²) in [7, 11) is 0. The van der Waals surface area contributed by atoms with Crippen molar-refractivity contribution < 1.29 is 14.8 Å². The maximum atomic E-state index is 11.0. The van der Waals surface area contributed by atoms with E-state index in [1.165, 1.54) is 0 Å². The van der Waals surface area contributed by atoms with Gasteiger partial charge in [0.05, 0.1) is 4.92 Å². The standard InChI is InChI=1S/C11H8ClN3O4/c12-11-10(15(18)19)9(7-4-2-1-3-5-7)13-14(11)6-8(16)17/h1-5H,6H2,(H,16,17). The van der Waals surface area contributed by atoms with Gasteiger partial charge in [-0.25, -0.2) is 4.68 Å². The first kappa shape index (κ1) is 13.0. The summed E-state index contributed by atoms with van der Waals surface area (Å²) in [5.41, 5.74) is 0.159. The number of nitrogens with zero attached hydrogens (tertiary/aromatic N) is 3. The van der Waals surface area contributed by atoms with Crippen LogP contribution in [-0.4, -0.2) is 25.8 Å². The van der Waals surface area contributed by atoms with Gasteiger partial charge in [-0.2, -0.15) is 5.10 Å². The van der Waals surface area contributed by atoms with Gasteiger partial charge < -0.3 is 5.11 Å². The van der Waals surface area contributed by atoms with E-state index in [2.05, 4.69) is 5.10 Å². The van der Waals surface area contributed by atoms with Crippen molar-refractivity contribution in [1.29, 1.82) is 0 Å². The molecule has 0 saturated carbocycles. The van der Waals surface area contributed by atoms with Crippen molar-refractivity contribution in [2.24, 2.45) is 0 Å². The summed E-state index contributed by atoms with van der Waals surface area (Å²) in [5.74, 6) is -1.18. The third kappa shape index (κ3) is 2.55.